The van der Waals surface area contributed by atoms with E-state index in [-0.39, 0.29) is 36.2 Å². The Balaban J connectivity index is 3.17. The fraction of sp³-hybridized carbons (Fsp3) is 0.500. The molecule has 0 spiro atoms. The fourth-order valence-corrected chi connectivity index (χ4v) is 2.10. The molecular formula is C14H14F6O. The molecule has 0 N–H and O–H groups in total. The Hall–Kier alpha value is -1.53. The van der Waals surface area contributed by atoms with Crippen LogP contribution in [0.25, 0.3) is 0 Å². The molecule has 7 heteroatoms. The lowest BCUT2D eigenvalue weighted by Gasteiger charge is -2.16. The highest BCUT2D eigenvalue weighted by Crippen LogP contribution is 2.36. The molecule has 0 bridgehead atoms. The zero-order valence-electron chi connectivity index (χ0n) is 11.4. The maximum Gasteiger partial charge on any atom is 0.416 e. The van der Waals surface area contributed by atoms with E-state index in [0.717, 1.165) is 0 Å². The summed E-state index contributed by atoms with van der Waals surface area (Å²) in [7, 11) is 0. The highest BCUT2D eigenvalue weighted by Gasteiger charge is 2.36. The predicted octanol–water partition coefficient (Wildman–Crippen LogP) is 4.88. The number of Topliss-reactive ketones (excluding diaryl/α,β-unsaturated/α-hetero) is 1. The molecule has 1 nitrogen and oxygen atoms in total. The molecule has 0 saturated heterocycles. The summed E-state index contributed by atoms with van der Waals surface area (Å²) in [5, 5.41) is 0. The number of benzene rings is 1. The van der Waals surface area contributed by atoms with Crippen molar-refractivity contribution in [2.24, 2.45) is 5.92 Å². The van der Waals surface area contributed by atoms with Gasteiger partial charge in [-0.05, 0) is 43.0 Å². The van der Waals surface area contributed by atoms with Crippen LogP contribution in [0.15, 0.2) is 18.2 Å². The monoisotopic (exact) mass is 312 g/mol. The summed E-state index contributed by atoms with van der Waals surface area (Å²) in [6.45, 7) is 2.93. The first-order valence-electron chi connectivity index (χ1n) is 6.17. The maximum absolute atomic E-state index is 12.7. The van der Waals surface area contributed by atoms with Gasteiger partial charge in [0.05, 0.1) is 11.1 Å². The summed E-state index contributed by atoms with van der Waals surface area (Å²) in [6.07, 6.45) is -9.61. The summed E-state index contributed by atoms with van der Waals surface area (Å²) in [5.41, 5.74) is -2.74. The van der Waals surface area contributed by atoms with E-state index in [0.29, 0.717) is 12.1 Å². The molecular weight excluding hydrogens is 298 g/mol. The Morgan fingerprint density at radius 3 is 1.76 bits per heavy atom. The van der Waals surface area contributed by atoms with E-state index in [9.17, 15) is 31.1 Å². The number of carbonyl (C=O) groups is 1. The topological polar surface area (TPSA) is 17.1 Å². The van der Waals surface area contributed by atoms with Gasteiger partial charge in [0.25, 0.3) is 0 Å². The van der Waals surface area contributed by atoms with Crippen molar-refractivity contribution in [2.45, 2.75) is 39.0 Å². The Kier molecular flexibility index (Phi) is 5.07. The first-order chi connectivity index (χ1) is 9.39. The number of carbonyl (C=O) groups excluding carboxylic acids is 1. The summed E-state index contributed by atoms with van der Waals surface area (Å²) in [4.78, 5) is 10.9. The standard InChI is InChI=1S/C14H14F6O/c1-8(3-9(2)21)4-10-5-11(13(15,16)17)7-12(6-10)14(18,19)20/h5-8H,3-4H2,1-2H3. The third-order valence-corrected chi connectivity index (χ3v) is 2.87. The van der Waals surface area contributed by atoms with Gasteiger partial charge in [-0.1, -0.05) is 6.92 Å². The fourth-order valence-electron chi connectivity index (χ4n) is 2.10. The molecule has 0 fully saturated rings. The normalized spacial score (nSPS) is 14.1. The molecule has 0 aliphatic rings. The third-order valence-electron chi connectivity index (χ3n) is 2.87. The van der Waals surface area contributed by atoms with Crippen LogP contribution in [0.5, 0.6) is 0 Å². The first-order valence-corrected chi connectivity index (χ1v) is 6.17. The SMILES string of the molecule is CC(=O)CC(C)Cc1cc(C(F)(F)F)cc(C(F)(F)F)c1. The van der Waals surface area contributed by atoms with Crippen LogP contribution < -0.4 is 0 Å². The minimum absolute atomic E-state index is 0.0212. The molecule has 118 valence electrons. The molecule has 1 atom stereocenters. The highest BCUT2D eigenvalue weighted by molar-refractivity contribution is 5.75. The van der Waals surface area contributed by atoms with Crippen molar-refractivity contribution in [2.75, 3.05) is 0 Å². The van der Waals surface area contributed by atoms with Crippen molar-refractivity contribution >= 4 is 5.78 Å². The molecule has 0 amide bonds. The number of ketones is 1. The minimum Gasteiger partial charge on any atom is -0.300 e. The smallest absolute Gasteiger partial charge is 0.300 e. The van der Waals surface area contributed by atoms with Crippen LogP contribution in [0.2, 0.25) is 0 Å². The van der Waals surface area contributed by atoms with Crippen LogP contribution in [-0.4, -0.2) is 5.78 Å². The lowest BCUT2D eigenvalue weighted by atomic mass is 9.94. The number of halogens is 6. The number of alkyl halides is 6. The van der Waals surface area contributed by atoms with Crippen LogP contribution in [0, 0.1) is 5.92 Å². The van der Waals surface area contributed by atoms with Gasteiger partial charge in [-0.2, -0.15) is 26.3 Å². The third kappa shape index (κ3) is 5.40. The predicted molar refractivity (Wildman–Crippen MR) is 64.6 cm³/mol. The van der Waals surface area contributed by atoms with Crippen molar-refractivity contribution in [3.05, 3.63) is 34.9 Å². The van der Waals surface area contributed by atoms with Gasteiger partial charge in [0.15, 0.2) is 0 Å². The molecule has 0 aromatic heterocycles. The largest absolute Gasteiger partial charge is 0.416 e. The first kappa shape index (κ1) is 17.5. The van der Waals surface area contributed by atoms with Gasteiger partial charge < -0.3 is 4.79 Å². The molecule has 0 heterocycles. The van der Waals surface area contributed by atoms with E-state index in [1.54, 1.807) is 6.92 Å². The Bertz CT molecular complexity index is 483. The van der Waals surface area contributed by atoms with E-state index < -0.39 is 23.5 Å². The van der Waals surface area contributed by atoms with Crippen molar-refractivity contribution in [1.29, 1.82) is 0 Å². The summed E-state index contributed by atoms with van der Waals surface area (Å²) in [5.74, 6) is -0.488. The molecule has 0 aliphatic carbocycles. The molecule has 1 unspecified atom stereocenters. The Morgan fingerprint density at radius 2 is 1.43 bits per heavy atom. The van der Waals surface area contributed by atoms with Gasteiger partial charge in [0.1, 0.15) is 5.78 Å². The second-order valence-electron chi connectivity index (χ2n) is 5.13. The summed E-state index contributed by atoms with van der Waals surface area (Å²) < 4.78 is 76.0. The van der Waals surface area contributed by atoms with Gasteiger partial charge >= 0.3 is 12.4 Å². The van der Waals surface area contributed by atoms with Crippen LogP contribution in [0.4, 0.5) is 26.3 Å². The van der Waals surface area contributed by atoms with Crippen LogP contribution in [-0.2, 0) is 23.6 Å². The summed E-state index contributed by atoms with van der Waals surface area (Å²) >= 11 is 0. The number of hydrogen-bond donors (Lipinski definition) is 0. The van der Waals surface area contributed by atoms with Crippen LogP contribution in [0.1, 0.15) is 37.0 Å². The van der Waals surface area contributed by atoms with E-state index in [1.165, 1.54) is 6.92 Å². The Morgan fingerprint density at radius 1 is 1.00 bits per heavy atom. The molecule has 0 aliphatic heterocycles. The van der Waals surface area contributed by atoms with Gasteiger partial charge in [0.2, 0.25) is 0 Å². The lowest BCUT2D eigenvalue weighted by molar-refractivity contribution is -0.143. The zero-order chi connectivity index (χ0) is 16.4. The van der Waals surface area contributed by atoms with Gasteiger partial charge in [-0.25, -0.2) is 0 Å². The molecule has 1 rings (SSSR count). The molecule has 1 aromatic rings. The molecule has 1 aromatic carbocycles. The van der Waals surface area contributed by atoms with E-state index in [2.05, 4.69) is 0 Å². The van der Waals surface area contributed by atoms with Crippen molar-refractivity contribution < 1.29 is 31.1 Å². The average Bonchev–Trinajstić information content (AvgIpc) is 2.24. The quantitative estimate of drug-likeness (QED) is 0.724. The van der Waals surface area contributed by atoms with E-state index >= 15 is 0 Å². The van der Waals surface area contributed by atoms with E-state index in [1.807, 2.05) is 0 Å². The highest BCUT2D eigenvalue weighted by atomic mass is 19.4. The Labute approximate surface area is 118 Å². The number of hydrogen-bond acceptors (Lipinski definition) is 1. The zero-order valence-corrected chi connectivity index (χ0v) is 11.4. The number of rotatable bonds is 4. The molecule has 0 radical (unpaired) electrons. The molecule has 21 heavy (non-hydrogen) atoms. The van der Waals surface area contributed by atoms with Crippen LogP contribution in [0.3, 0.4) is 0 Å². The van der Waals surface area contributed by atoms with Crippen molar-refractivity contribution in [3.8, 4) is 0 Å². The maximum atomic E-state index is 12.7. The van der Waals surface area contributed by atoms with Gasteiger partial charge in [-0.3, -0.25) is 0 Å². The van der Waals surface area contributed by atoms with Crippen molar-refractivity contribution in [1.82, 2.24) is 0 Å². The van der Waals surface area contributed by atoms with Gasteiger partial charge in [-0.15, -0.1) is 0 Å². The van der Waals surface area contributed by atoms with Gasteiger partial charge in [0, 0.05) is 6.42 Å². The lowest BCUT2D eigenvalue weighted by Crippen LogP contribution is -2.13. The van der Waals surface area contributed by atoms with Crippen molar-refractivity contribution in [3.63, 3.8) is 0 Å². The van der Waals surface area contributed by atoms with E-state index in [4.69, 9.17) is 0 Å². The summed E-state index contributed by atoms with van der Waals surface area (Å²) in [6, 6.07) is 1.50. The average molecular weight is 312 g/mol. The molecule has 0 saturated carbocycles. The second kappa shape index (κ2) is 6.07. The second-order valence-corrected chi connectivity index (χ2v) is 5.13. The van der Waals surface area contributed by atoms with Crippen LogP contribution >= 0.6 is 0 Å². The minimum atomic E-state index is -4.85.